The van der Waals surface area contributed by atoms with Crippen LogP contribution < -0.4 is 16.1 Å². The van der Waals surface area contributed by atoms with Gasteiger partial charge in [0.1, 0.15) is 22.2 Å². The molecule has 1 aliphatic carbocycles. The molecule has 0 amide bonds. The molecule has 0 spiro atoms. The fraction of sp³-hybridized carbons (Fsp3) is 0.381. The molecule has 28 heavy (non-hydrogen) atoms. The fourth-order valence-corrected chi connectivity index (χ4v) is 4.41. The zero-order valence-corrected chi connectivity index (χ0v) is 16.2. The molecule has 1 aromatic carbocycles. The first-order valence-electron chi connectivity index (χ1n) is 9.26. The molecule has 6 nitrogen and oxygen atoms in total. The molecule has 1 aromatic heterocycles. The number of aliphatic hydroxyl groups is 3. The third-order valence-electron chi connectivity index (χ3n) is 5.57. The smallest absolute Gasteiger partial charge is 0.196 e. The zero-order valence-electron chi connectivity index (χ0n) is 15.4. The summed E-state index contributed by atoms with van der Waals surface area (Å²) < 4.78 is 6.04. The van der Waals surface area contributed by atoms with Gasteiger partial charge in [-0.3, -0.25) is 4.79 Å². The highest BCUT2D eigenvalue weighted by Crippen LogP contribution is 2.31. The number of hydrogen-bond acceptors (Lipinski definition) is 6. The van der Waals surface area contributed by atoms with Crippen LogP contribution in [0.2, 0.25) is 5.02 Å². The lowest BCUT2D eigenvalue weighted by atomic mass is 9.81. The molecule has 0 bridgehead atoms. The fourth-order valence-electron chi connectivity index (χ4n) is 4.18. The van der Waals surface area contributed by atoms with Crippen LogP contribution in [0.3, 0.4) is 0 Å². The second-order valence-electron chi connectivity index (χ2n) is 7.51. The average molecular weight is 404 g/mol. The van der Waals surface area contributed by atoms with Gasteiger partial charge in [0.25, 0.3) is 0 Å². The van der Waals surface area contributed by atoms with E-state index >= 15 is 0 Å². The average Bonchev–Trinajstić information content (AvgIpc) is 2.63. The molecule has 2 aromatic rings. The van der Waals surface area contributed by atoms with Gasteiger partial charge in [0.05, 0.1) is 17.2 Å². The molecule has 0 radical (unpaired) electrons. The number of benzene rings is 1. The molecule has 1 aliphatic heterocycles. The Bertz CT molecular complexity index is 1090. The molecule has 3 atom stereocenters. The molecule has 1 fully saturated rings. The van der Waals surface area contributed by atoms with Crippen molar-refractivity contribution in [1.29, 1.82) is 0 Å². The number of likely N-dealkylation sites (N-methyl/N-ethyl adjacent to an activating group) is 1. The lowest BCUT2D eigenvalue weighted by molar-refractivity contribution is 0.0473. The number of fused-ring (bicyclic) bond motifs is 1. The van der Waals surface area contributed by atoms with Crippen molar-refractivity contribution in [2.75, 3.05) is 20.1 Å². The summed E-state index contributed by atoms with van der Waals surface area (Å²) in [5.41, 5.74) is 0.763. The number of nitrogens with zero attached hydrogens (tertiary/aromatic N) is 1. The van der Waals surface area contributed by atoms with Crippen LogP contribution in [-0.4, -0.2) is 52.6 Å². The van der Waals surface area contributed by atoms with E-state index in [1.807, 2.05) is 11.9 Å². The van der Waals surface area contributed by atoms with Crippen LogP contribution in [0.1, 0.15) is 12.8 Å². The molecule has 148 valence electrons. The predicted molar refractivity (Wildman–Crippen MR) is 106 cm³/mol. The highest BCUT2D eigenvalue weighted by molar-refractivity contribution is 6.33. The molecule has 4 rings (SSSR count). The highest BCUT2D eigenvalue weighted by Gasteiger charge is 2.36. The summed E-state index contributed by atoms with van der Waals surface area (Å²) in [5, 5.41) is 32.1. The van der Waals surface area contributed by atoms with E-state index in [1.165, 1.54) is 6.07 Å². The van der Waals surface area contributed by atoms with Crippen LogP contribution in [0.25, 0.3) is 22.7 Å². The van der Waals surface area contributed by atoms with E-state index in [0.29, 0.717) is 29.1 Å². The van der Waals surface area contributed by atoms with Crippen LogP contribution in [-0.2, 0) is 0 Å². The van der Waals surface area contributed by atoms with Gasteiger partial charge >= 0.3 is 0 Å². The summed E-state index contributed by atoms with van der Waals surface area (Å²) in [5.74, 6) is -0.299. The number of piperidine rings is 1. The Hall–Kier alpha value is -2.12. The Morgan fingerprint density at radius 2 is 2.00 bits per heavy atom. The van der Waals surface area contributed by atoms with Crippen molar-refractivity contribution in [1.82, 2.24) is 4.90 Å². The Balaban J connectivity index is 2.01. The largest absolute Gasteiger partial charge is 0.511 e. The third-order valence-corrected chi connectivity index (χ3v) is 5.90. The Morgan fingerprint density at radius 1 is 1.25 bits per heavy atom. The van der Waals surface area contributed by atoms with E-state index in [4.69, 9.17) is 16.0 Å². The van der Waals surface area contributed by atoms with Gasteiger partial charge in [-0.2, -0.15) is 0 Å². The van der Waals surface area contributed by atoms with E-state index in [0.717, 1.165) is 6.54 Å². The van der Waals surface area contributed by atoms with Crippen molar-refractivity contribution in [3.05, 3.63) is 56.2 Å². The third kappa shape index (κ3) is 3.26. The summed E-state index contributed by atoms with van der Waals surface area (Å²) in [7, 11) is 1.92. The Kier molecular flexibility index (Phi) is 5.05. The van der Waals surface area contributed by atoms with Gasteiger partial charge < -0.3 is 24.6 Å². The molecule has 2 aliphatic rings. The normalized spacial score (nSPS) is 25.6. The van der Waals surface area contributed by atoms with Gasteiger partial charge in [0, 0.05) is 36.1 Å². The van der Waals surface area contributed by atoms with Gasteiger partial charge in [0.2, 0.25) is 0 Å². The van der Waals surface area contributed by atoms with Crippen LogP contribution in [0, 0.1) is 5.92 Å². The van der Waals surface area contributed by atoms with Crippen LogP contribution in [0.5, 0.6) is 0 Å². The van der Waals surface area contributed by atoms with E-state index in [2.05, 4.69) is 0 Å². The van der Waals surface area contributed by atoms with Crippen molar-refractivity contribution >= 4 is 22.9 Å². The summed E-state index contributed by atoms with van der Waals surface area (Å²) in [4.78, 5) is 14.8. The van der Waals surface area contributed by atoms with Crippen molar-refractivity contribution in [3.8, 4) is 11.3 Å². The molecule has 7 heteroatoms. The number of halogens is 1. The second kappa shape index (κ2) is 7.37. The molecule has 2 unspecified atom stereocenters. The predicted octanol–water partition coefficient (Wildman–Crippen LogP) is 0.854. The SMILES string of the molecule is CN1CCC(C2=c3oc(-c4ccccc4Cl)cc(=O)c3=C(O)CC2O)[C@H](O)C1. The number of likely N-dealkylation sites (tertiary alicyclic amines) is 1. The van der Waals surface area contributed by atoms with Crippen molar-refractivity contribution in [3.63, 3.8) is 0 Å². The first-order chi connectivity index (χ1) is 13.4. The summed E-state index contributed by atoms with van der Waals surface area (Å²) in [6.07, 6.45) is -1.19. The van der Waals surface area contributed by atoms with Crippen molar-refractivity contribution in [2.45, 2.75) is 25.0 Å². The first-order valence-corrected chi connectivity index (χ1v) is 9.64. The minimum Gasteiger partial charge on any atom is -0.511 e. The minimum atomic E-state index is -1.03. The second-order valence-corrected chi connectivity index (χ2v) is 7.91. The molecule has 3 N–H and O–H groups in total. The number of aliphatic hydroxyl groups excluding tert-OH is 3. The maximum atomic E-state index is 12.8. The topological polar surface area (TPSA) is 94.1 Å². The van der Waals surface area contributed by atoms with Gasteiger partial charge in [0.15, 0.2) is 5.43 Å². The van der Waals surface area contributed by atoms with Crippen molar-refractivity contribution < 1.29 is 19.7 Å². The first kappa shape index (κ1) is 19.2. The van der Waals surface area contributed by atoms with Gasteiger partial charge in [-0.15, -0.1) is 0 Å². The quantitative estimate of drug-likeness (QED) is 0.688. The van der Waals surface area contributed by atoms with Crippen LogP contribution in [0.15, 0.2) is 39.5 Å². The van der Waals surface area contributed by atoms with Gasteiger partial charge in [-0.05, 0) is 32.1 Å². The minimum absolute atomic E-state index is 0.0576. The lowest BCUT2D eigenvalue weighted by Gasteiger charge is -2.36. The summed E-state index contributed by atoms with van der Waals surface area (Å²) in [6, 6.07) is 8.29. The van der Waals surface area contributed by atoms with Crippen molar-refractivity contribution in [2.24, 2.45) is 5.92 Å². The van der Waals surface area contributed by atoms with Crippen LogP contribution >= 0.6 is 11.6 Å². The highest BCUT2D eigenvalue weighted by atomic mass is 35.5. The van der Waals surface area contributed by atoms with E-state index in [9.17, 15) is 20.1 Å². The maximum absolute atomic E-state index is 12.8. The van der Waals surface area contributed by atoms with E-state index < -0.39 is 17.6 Å². The number of rotatable bonds is 2. The van der Waals surface area contributed by atoms with Gasteiger partial charge in [-0.1, -0.05) is 23.7 Å². The number of β-amino-alcohol motifs (C(OH)–C–C–N with tert-alkyl or cyclic N) is 1. The summed E-state index contributed by atoms with van der Waals surface area (Å²) in [6.45, 7) is 1.21. The maximum Gasteiger partial charge on any atom is 0.196 e. The molecule has 1 saturated heterocycles. The zero-order chi connectivity index (χ0) is 20.0. The number of hydrogen-bond donors (Lipinski definition) is 3. The van der Waals surface area contributed by atoms with Gasteiger partial charge in [-0.25, -0.2) is 0 Å². The molecule has 2 heterocycles. The lowest BCUT2D eigenvalue weighted by Crippen LogP contribution is -2.51. The molecule has 0 saturated carbocycles. The Morgan fingerprint density at radius 3 is 2.71 bits per heavy atom. The van der Waals surface area contributed by atoms with Crippen LogP contribution in [0.4, 0.5) is 0 Å². The van der Waals surface area contributed by atoms with E-state index in [-0.39, 0.29) is 34.5 Å². The van der Waals surface area contributed by atoms with E-state index in [1.54, 1.807) is 24.3 Å². The molecular formula is C21H22ClNO5. The molecular weight excluding hydrogens is 382 g/mol. The summed E-state index contributed by atoms with van der Waals surface area (Å²) >= 11 is 6.26. The standard InChI is InChI=1S/C21H22ClNO5/c1-23-7-6-12(17(27)10-23)19-14(24)8-15(25)20-16(26)9-18(28-21(19)20)11-4-2-3-5-13(11)22/h2-5,9,12,14,17,24-25,27H,6-8,10H2,1H3/t12?,14?,17-/m1/s1. The monoisotopic (exact) mass is 403 g/mol. The Labute approximate surface area is 166 Å².